The molecule has 1 aromatic carbocycles. The van der Waals surface area contributed by atoms with E-state index in [0.717, 1.165) is 0 Å². The number of hydrogen-bond donors (Lipinski definition) is 2. The lowest BCUT2D eigenvalue weighted by molar-refractivity contribution is 0.0736. The Morgan fingerprint density at radius 1 is 1.30 bits per heavy atom. The Labute approximate surface area is 123 Å². The third kappa shape index (κ3) is 5.35. The van der Waals surface area contributed by atoms with Crippen molar-refractivity contribution in [3.8, 4) is 0 Å². The molecule has 0 amide bonds. The summed E-state index contributed by atoms with van der Waals surface area (Å²) in [7, 11) is -2.16. The van der Waals surface area contributed by atoms with Crippen molar-refractivity contribution in [1.29, 1.82) is 0 Å². The minimum atomic E-state index is -3.72. The Morgan fingerprint density at radius 3 is 2.70 bits per heavy atom. The summed E-state index contributed by atoms with van der Waals surface area (Å²) in [6.07, 6.45) is 0. The van der Waals surface area contributed by atoms with Crippen LogP contribution in [0.5, 0.6) is 0 Å². The number of sulfonamides is 1. The smallest absolute Gasteiger partial charge is 0.242 e. The molecule has 20 heavy (non-hydrogen) atoms. The average Bonchev–Trinajstić information content (AvgIpc) is 2.43. The van der Waals surface area contributed by atoms with Crippen LogP contribution in [0.2, 0.25) is 5.02 Å². The quantitative estimate of drug-likeness (QED) is 0.656. The van der Waals surface area contributed by atoms with Crippen LogP contribution in [0.25, 0.3) is 0 Å². The largest absolute Gasteiger partial charge is 0.392 e. The predicted molar refractivity (Wildman–Crippen MR) is 75.3 cm³/mol. The van der Waals surface area contributed by atoms with E-state index in [2.05, 4.69) is 4.72 Å². The Bertz CT molecular complexity index is 521. The van der Waals surface area contributed by atoms with Crippen LogP contribution in [0.1, 0.15) is 5.56 Å². The van der Waals surface area contributed by atoms with E-state index in [-0.39, 0.29) is 29.7 Å². The summed E-state index contributed by atoms with van der Waals surface area (Å²) in [5.74, 6) is 0. The molecule has 1 rings (SSSR count). The van der Waals surface area contributed by atoms with Crippen molar-refractivity contribution in [2.45, 2.75) is 11.5 Å². The van der Waals surface area contributed by atoms with E-state index in [9.17, 15) is 8.42 Å². The highest BCUT2D eigenvalue weighted by molar-refractivity contribution is 7.89. The van der Waals surface area contributed by atoms with E-state index in [1.165, 1.54) is 12.1 Å². The number of halogens is 1. The zero-order valence-corrected chi connectivity index (χ0v) is 12.7. The van der Waals surface area contributed by atoms with Crippen LogP contribution in [0.3, 0.4) is 0 Å². The maximum absolute atomic E-state index is 12.1. The predicted octanol–water partition coefficient (Wildman–Crippen LogP) is 0.774. The van der Waals surface area contributed by atoms with E-state index in [1.807, 2.05) is 0 Å². The Hall–Kier alpha value is -0.700. The number of aliphatic hydroxyl groups excluding tert-OH is 1. The molecule has 0 saturated heterocycles. The van der Waals surface area contributed by atoms with Crippen LogP contribution in [0, 0.1) is 0 Å². The molecule has 0 aromatic heterocycles. The van der Waals surface area contributed by atoms with Crippen LogP contribution < -0.4 is 4.72 Å². The minimum absolute atomic E-state index is 0.0531. The van der Waals surface area contributed by atoms with Gasteiger partial charge in [-0.15, -0.1) is 0 Å². The Balaban J connectivity index is 2.60. The van der Waals surface area contributed by atoms with Gasteiger partial charge in [0.1, 0.15) is 4.90 Å². The van der Waals surface area contributed by atoms with Gasteiger partial charge in [-0.05, 0) is 17.7 Å². The normalized spacial score (nSPS) is 11.8. The molecular formula is C12H18ClNO5S. The van der Waals surface area contributed by atoms with Crippen LogP contribution in [-0.4, -0.2) is 47.0 Å². The first kappa shape index (κ1) is 17.4. The van der Waals surface area contributed by atoms with Gasteiger partial charge in [-0.25, -0.2) is 13.1 Å². The number of ether oxygens (including phenoxy) is 2. The standard InChI is InChI=1S/C12H18ClNO5S/c1-18-6-7-19-5-4-14-20(16,17)12-8-10(9-15)2-3-11(12)13/h2-3,8,14-15H,4-7,9H2,1H3. The van der Waals surface area contributed by atoms with Gasteiger partial charge in [0.15, 0.2) is 0 Å². The van der Waals surface area contributed by atoms with Crippen molar-refractivity contribution in [2.24, 2.45) is 0 Å². The number of hydrogen-bond acceptors (Lipinski definition) is 5. The van der Waals surface area contributed by atoms with Crippen LogP contribution >= 0.6 is 11.6 Å². The van der Waals surface area contributed by atoms with Crippen molar-refractivity contribution in [2.75, 3.05) is 33.5 Å². The highest BCUT2D eigenvalue weighted by Crippen LogP contribution is 2.22. The Kier molecular flexibility index (Phi) is 7.42. The molecule has 0 radical (unpaired) electrons. The molecule has 0 spiro atoms. The second-order valence-corrected chi connectivity index (χ2v) is 6.07. The topological polar surface area (TPSA) is 84.9 Å². The van der Waals surface area contributed by atoms with Gasteiger partial charge in [-0.2, -0.15) is 0 Å². The molecule has 0 heterocycles. The van der Waals surface area contributed by atoms with Gasteiger partial charge in [-0.3, -0.25) is 0 Å². The summed E-state index contributed by atoms with van der Waals surface area (Å²) >= 11 is 5.87. The molecular weight excluding hydrogens is 306 g/mol. The number of rotatable bonds is 9. The van der Waals surface area contributed by atoms with Crippen molar-refractivity contribution in [3.63, 3.8) is 0 Å². The molecule has 114 valence electrons. The second-order valence-electron chi connectivity index (χ2n) is 3.93. The van der Waals surface area contributed by atoms with E-state index >= 15 is 0 Å². The lowest BCUT2D eigenvalue weighted by atomic mass is 10.2. The molecule has 0 saturated carbocycles. The van der Waals surface area contributed by atoms with Gasteiger partial charge in [0.25, 0.3) is 0 Å². The van der Waals surface area contributed by atoms with E-state index < -0.39 is 10.0 Å². The van der Waals surface area contributed by atoms with E-state index in [4.69, 9.17) is 26.2 Å². The zero-order valence-electron chi connectivity index (χ0n) is 11.1. The molecule has 0 atom stereocenters. The molecule has 6 nitrogen and oxygen atoms in total. The van der Waals surface area contributed by atoms with Crippen molar-refractivity contribution < 1.29 is 23.0 Å². The summed E-state index contributed by atoms with van der Waals surface area (Å²) < 4.78 is 36.4. The molecule has 0 fully saturated rings. The minimum Gasteiger partial charge on any atom is -0.392 e. The van der Waals surface area contributed by atoms with E-state index in [0.29, 0.717) is 18.8 Å². The average molecular weight is 324 g/mol. The first-order valence-electron chi connectivity index (χ1n) is 5.97. The van der Waals surface area contributed by atoms with E-state index in [1.54, 1.807) is 13.2 Å². The molecule has 0 unspecified atom stereocenters. The molecule has 2 N–H and O–H groups in total. The zero-order chi connectivity index (χ0) is 15.0. The molecule has 0 aliphatic carbocycles. The third-order valence-corrected chi connectivity index (χ3v) is 4.38. The fraction of sp³-hybridized carbons (Fsp3) is 0.500. The van der Waals surface area contributed by atoms with Crippen molar-refractivity contribution >= 4 is 21.6 Å². The monoisotopic (exact) mass is 323 g/mol. The fourth-order valence-electron chi connectivity index (χ4n) is 1.42. The number of nitrogens with one attached hydrogen (secondary N) is 1. The summed E-state index contributed by atoms with van der Waals surface area (Å²) in [6, 6.07) is 4.35. The van der Waals surface area contributed by atoms with Crippen molar-refractivity contribution in [3.05, 3.63) is 28.8 Å². The van der Waals surface area contributed by atoms with Gasteiger partial charge < -0.3 is 14.6 Å². The number of aliphatic hydroxyl groups is 1. The molecule has 0 aliphatic heterocycles. The lowest BCUT2D eigenvalue weighted by Gasteiger charge is -2.10. The van der Waals surface area contributed by atoms with Crippen LogP contribution in [0.15, 0.2) is 23.1 Å². The fourth-order valence-corrected chi connectivity index (χ4v) is 2.98. The van der Waals surface area contributed by atoms with Crippen LogP contribution in [0.4, 0.5) is 0 Å². The Morgan fingerprint density at radius 2 is 2.05 bits per heavy atom. The van der Waals surface area contributed by atoms with Gasteiger partial charge in [0.05, 0.1) is 31.5 Å². The third-order valence-electron chi connectivity index (χ3n) is 2.44. The first-order chi connectivity index (χ1) is 9.51. The SMILES string of the molecule is COCCOCCNS(=O)(=O)c1cc(CO)ccc1Cl. The molecule has 0 bridgehead atoms. The van der Waals surface area contributed by atoms with Gasteiger partial charge in [-0.1, -0.05) is 17.7 Å². The number of benzene rings is 1. The van der Waals surface area contributed by atoms with Gasteiger partial charge in [0.2, 0.25) is 10.0 Å². The summed E-state index contributed by atoms with van der Waals surface area (Å²) in [4.78, 5) is -0.0531. The second kappa shape index (κ2) is 8.56. The summed E-state index contributed by atoms with van der Waals surface area (Å²) in [5, 5.41) is 9.13. The summed E-state index contributed by atoms with van der Waals surface area (Å²) in [6.45, 7) is 0.974. The van der Waals surface area contributed by atoms with Crippen LogP contribution in [-0.2, 0) is 26.1 Å². The summed E-state index contributed by atoms with van der Waals surface area (Å²) in [5.41, 5.74) is 0.478. The first-order valence-corrected chi connectivity index (χ1v) is 7.83. The van der Waals surface area contributed by atoms with Gasteiger partial charge >= 0.3 is 0 Å². The maximum atomic E-state index is 12.1. The lowest BCUT2D eigenvalue weighted by Crippen LogP contribution is -2.28. The van der Waals surface area contributed by atoms with Gasteiger partial charge in [0, 0.05) is 13.7 Å². The highest BCUT2D eigenvalue weighted by atomic mass is 35.5. The number of methoxy groups -OCH3 is 1. The molecule has 8 heteroatoms. The highest BCUT2D eigenvalue weighted by Gasteiger charge is 2.17. The molecule has 0 aliphatic rings. The molecule has 1 aromatic rings. The van der Waals surface area contributed by atoms with Crippen molar-refractivity contribution in [1.82, 2.24) is 4.72 Å². The maximum Gasteiger partial charge on any atom is 0.242 e.